The summed E-state index contributed by atoms with van der Waals surface area (Å²) in [6.07, 6.45) is 1.20. The SMILES string of the molecule is Cc1ccc(-c2cc(C(=O)N(CCc3ccccc3)Cc3ccccc3)c3c(C)nn(C4CCS(=O)(=O)C4)c3n2)cc1. The topological polar surface area (TPSA) is 85.2 Å². The highest BCUT2D eigenvalue weighted by atomic mass is 32.2. The van der Waals surface area contributed by atoms with Gasteiger partial charge in [-0.05, 0) is 43.9 Å². The fourth-order valence-electron chi connectivity index (χ4n) is 5.71. The Balaban J connectivity index is 1.47. The van der Waals surface area contributed by atoms with Gasteiger partial charge in [-0.25, -0.2) is 18.1 Å². The molecule has 1 fully saturated rings. The zero-order valence-electron chi connectivity index (χ0n) is 23.9. The summed E-state index contributed by atoms with van der Waals surface area (Å²) in [6.45, 7) is 4.90. The number of carbonyl (C=O) groups excluding carboxylic acids is 1. The number of hydrogen-bond acceptors (Lipinski definition) is 5. The van der Waals surface area contributed by atoms with Gasteiger partial charge in [0.1, 0.15) is 0 Å². The molecule has 6 rings (SSSR count). The van der Waals surface area contributed by atoms with Crippen molar-refractivity contribution in [3.05, 3.63) is 119 Å². The van der Waals surface area contributed by atoms with Crippen molar-refractivity contribution in [3.8, 4) is 11.3 Å². The van der Waals surface area contributed by atoms with Crippen LogP contribution in [0.5, 0.6) is 0 Å². The highest BCUT2D eigenvalue weighted by Crippen LogP contribution is 2.33. The van der Waals surface area contributed by atoms with Crippen LogP contribution in [-0.2, 0) is 22.8 Å². The first-order chi connectivity index (χ1) is 20.3. The van der Waals surface area contributed by atoms with Crippen LogP contribution in [0.1, 0.15) is 45.2 Å². The van der Waals surface area contributed by atoms with Crippen molar-refractivity contribution in [2.24, 2.45) is 0 Å². The van der Waals surface area contributed by atoms with Gasteiger partial charge in [-0.1, -0.05) is 90.5 Å². The predicted octanol–water partition coefficient (Wildman–Crippen LogP) is 5.96. The molecule has 5 aromatic rings. The summed E-state index contributed by atoms with van der Waals surface area (Å²) in [6, 6.07) is 29.8. The molecule has 8 heteroatoms. The molecular weight excluding hydrogens is 544 g/mol. The van der Waals surface area contributed by atoms with Gasteiger partial charge >= 0.3 is 0 Å². The second-order valence-corrected chi connectivity index (χ2v) is 13.4. The highest BCUT2D eigenvalue weighted by Gasteiger charge is 2.33. The predicted molar refractivity (Wildman–Crippen MR) is 166 cm³/mol. The van der Waals surface area contributed by atoms with Crippen LogP contribution < -0.4 is 0 Å². The zero-order chi connectivity index (χ0) is 29.3. The number of sulfone groups is 1. The molecule has 1 unspecified atom stereocenters. The van der Waals surface area contributed by atoms with Gasteiger partial charge in [0.25, 0.3) is 5.91 Å². The third-order valence-electron chi connectivity index (χ3n) is 7.99. The van der Waals surface area contributed by atoms with Gasteiger partial charge in [0.05, 0.1) is 39.9 Å². The fraction of sp³-hybridized carbons (Fsp3) is 0.265. The first-order valence-corrected chi connectivity index (χ1v) is 16.1. The van der Waals surface area contributed by atoms with E-state index in [9.17, 15) is 13.2 Å². The van der Waals surface area contributed by atoms with Crippen molar-refractivity contribution >= 4 is 26.8 Å². The minimum Gasteiger partial charge on any atom is -0.334 e. The molecular formula is C34H34N4O3S. The van der Waals surface area contributed by atoms with Crippen LogP contribution in [0.25, 0.3) is 22.3 Å². The maximum atomic E-state index is 14.6. The summed E-state index contributed by atoms with van der Waals surface area (Å²) in [7, 11) is -3.14. The Bertz CT molecular complexity index is 1830. The van der Waals surface area contributed by atoms with Crippen LogP contribution in [0.4, 0.5) is 0 Å². The molecule has 7 nitrogen and oxygen atoms in total. The van der Waals surface area contributed by atoms with E-state index in [2.05, 4.69) is 12.1 Å². The Morgan fingerprint density at radius 2 is 1.60 bits per heavy atom. The van der Waals surface area contributed by atoms with Crippen LogP contribution in [0.2, 0.25) is 0 Å². The van der Waals surface area contributed by atoms with Crippen molar-refractivity contribution < 1.29 is 13.2 Å². The van der Waals surface area contributed by atoms with Crippen molar-refractivity contribution in [3.63, 3.8) is 0 Å². The van der Waals surface area contributed by atoms with Gasteiger partial charge in [-0.15, -0.1) is 0 Å². The lowest BCUT2D eigenvalue weighted by molar-refractivity contribution is 0.0747. The molecule has 214 valence electrons. The molecule has 2 aromatic heterocycles. The van der Waals surface area contributed by atoms with E-state index in [0.717, 1.165) is 28.7 Å². The quantitative estimate of drug-likeness (QED) is 0.227. The van der Waals surface area contributed by atoms with Gasteiger partial charge in [0.2, 0.25) is 0 Å². The maximum Gasteiger partial charge on any atom is 0.255 e. The lowest BCUT2D eigenvalue weighted by Crippen LogP contribution is -2.33. The van der Waals surface area contributed by atoms with Gasteiger partial charge in [0, 0.05) is 18.7 Å². The number of aryl methyl sites for hydroxylation is 2. The fourth-order valence-corrected chi connectivity index (χ4v) is 7.40. The largest absolute Gasteiger partial charge is 0.334 e. The monoisotopic (exact) mass is 578 g/mol. The van der Waals surface area contributed by atoms with E-state index in [1.54, 1.807) is 4.68 Å². The number of rotatable bonds is 8. The number of benzene rings is 3. The Morgan fingerprint density at radius 1 is 0.929 bits per heavy atom. The maximum absolute atomic E-state index is 14.6. The Morgan fingerprint density at radius 3 is 2.24 bits per heavy atom. The molecule has 0 aliphatic carbocycles. The van der Waals surface area contributed by atoms with Crippen LogP contribution in [0, 0.1) is 13.8 Å². The number of amides is 1. The molecule has 0 bridgehead atoms. The second kappa shape index (κ2) is 11.5. The van der Waals surface area contributed by atoms with Crippen LogP contribution in [-0.4, -0.2) is 52.0 Å². The highest BCUT2D eigenvalue weighted by molar-refractivity contribution is 7.91. The molecule has 1 aliphatic heterocycles. The first kappa shape index (κ1) is 27.8. The normalized spacial score (nSPS) is 16.1. The van der Waals surface area contributed by atoms with Crippen molar-refractivity contribution in [1.29, 1.82) is 0 Å². The molecule has 1 atom stereocenters. The van der Waals surface area contributed by atoms with Crippen molar-refractivity contribution in [1.82, 2.24) is 19.7 Å². The lowest BCUT2D eigenvalue weighted by Gasteiger charge is -2.24. The molecule has 0 spiro atoms. The number of carbonyl (C=O) groups is 1. The number of pyridine rings is 1. The number of nitrogens with zero attached hydrogens (tertiary/aromatic N) is 4. The van der Waals surface area contributed by atoms with Crippen LogP contribution >= 0.6 is 0 Å². The lowest BCUT2D eigenvalue weighted by atomic mass is 10.0. The minimum absolute atomic E-state index is 0.0279. The molecule has 0 radical (unpaired) electrons. The molecule has 42 heavy (non-hydrogen) atoms. The summed E-state index contributed by atoms with van der Waals surface area (Å²) in [5, 5.41) is 5.46. The van der Waals surface area contributed by atoms with E-state index in [1.807, 2.05) is 97.6 Å². The molecule has 0 saturated carbocycles. The summed E-state index contributed by atoms with van der Waals surface area (Å²) in [5.41, 5.74) is 6.64. The van der Waals surface area contributed by atoms with E-state index in [1.165, 1.54) is 0 Å². The van der Waals surface area contributed by atoms with Gasteiger partial charge in [0.15, 0.2) is 15.5 Å². The summed E-state index contributed by atoms with van der Waals surface area (Å²) < 4.78 is 26.5. The van der Waals surface area contributed by atoms with Crippen LogP contribution in [0.15, 0.2) is 91.0 Å². The van der Waals surface area contributed by atoms with E-state index in [0.29, 0.717) is 47.5 Å². The number of fused-ring (bicyclic) bond motifs is 1. The van der Waals surface area contributed by atoms with Crippen molar-refractivity contribution in [2.45, 2.75) is 39.3 Å². The Labute approximate surface area is 246 Å². The molecule has 1 aliphatic rings. The van der Waals surface area contributed by atoms with E-state index in [4.69, 9.17) is 10.1 Å². The summed E-state index contributed by atoms with van der Waals surface area (Å²) in [4.78, 5) is 21.5. The summed E-state index contributed by atoms with van der Waals surface area (Å²) in [5.74, 6) is 0.0589. The Hall–Kier alpha value is -4.30. The second-order valence-electron chi connectivity index (χ2n) is 11.2. The molecule has 1 saturated heterocycles. The third kappa shape index (κ3) is 5.85. The van der Waals surface area contributed by atoms with Crippen LogP contribution in [0.3, 0.4) is 0 Å². The molecule has 3 aromatic carbocycles. The average molecular weight is 579 g/mol. The van der Waals surface area contributed by atoms with E-state index < -0.39 is 9.84 Å². The van der Waals surface area contributed by atoms with Gasteiger partial charge in [-0.2, -0.15) is 5.10 Å². The average Bonchev–Trinajstić information content (AvgIpc) is 3.54. The number of aromatic nitrogens is 3. The standard InChI is InChI=1S/C34H34N4O3S/c1-24-13-15-28(16-14-24)31-21-30(32-25(2)36-38(33(32)35-31)29-18-20-42(40,41)23-29)34(39)37(22-27-11-7-4-8-12-27)19-17-26-9-5-3-6-10-26/h3-16,21,29H,17-20,22-23H2,1-2H3. The molecule has 3 heterocycles. The van der Waals surface area contributed by atoms with E-state index in [-0.39, 0.29) is 23.5 Å². The van der Waals surface area contributed by atoms with Gasteiger partial charge < -0.3 is 4.90 Å². The molecule has 1 amide bonds. The van der Waals surface area contributed by atoms with Gasteiger partial charge in [-0.3, -0.25) is 4.79 Å². The minimum atomic E-state index is -3.14. The first-order valence-electron chi connectivity index (χ1n) is 14.3. The zero-order valence-corrected chi connectivity index (χ0v) is 24.7. The van der Waals surface area contributed by atoms with E-state index >= 15 is 0 Å². The smallest absolute Gasteiger partial charge is 0.255 e. The molecule has 0 N–H and O–H groups in total. The Kier molecular flexibility index (Phi) is 7.64. The summed E-state index contributed by atoms with van der Waals surface area (Å²) >= 11 is 0. The van der Waals surface area contributed by atoms with Crippen molar-refractivity contribution in [2.75, 3.05) is 18.1 Å². The number of hydrogen-bond donors (Lipinski definition) is 0. The third-order valence-corrected chi connectivity index (χ3v) is 9.74.